The number of aryl methyl sites for hydroxylation is 1. The summed E-state index contributed by atoms with van der Waals surface area (Å²) in [6.07, 6.45) is 3.46. The van der Waals surface area contributed by atoms with Crippen molar-refractivity contribution in [3.63, 3.8) is 0 Å². The molecule has 0 aliphatic carbocycles. The number of ether oxygens (including phenoxy) is 1. The molecule has 2 aromatic heterocycles. The van der Waals surface area contributed by atoms with Crippen molar-refractivity contribution in [1.82, 2.24) is 15.4 Å². The molecule has 0 fully saturated rings. The van der Waals surface area contributed by atoms with Gasteiger partial charge in [-0.2, -0.15) is 0 Å². The van der Waals surface area contributed by atoms with E-state index in [4.69, 9.17) is 4.52 Å². The molecule has 0 atom stereocenters. The number of unbranched alkanes of at least 4 members (excludes halogenated alkanes) is 1. The topological polar surface area (TPSA) is 78.1 Å². The van der Waals surface area contributed by atoms with Crippen molar-refractivity contribution in [2.24, 2.45) is 0 Å². The zero-order chi connectivity index (χ0) is 15.1. The predicted molar refractivity (Wildman–Crippen MR) is 81.4 cm³/mol. The first-order valence-corrected chi connectivity index (χ1v) is 8.52. The number of carbonyl (C=O) groups is 1. The van der Waals surface area contributed by atoms with Gasteiger partial charge in [-0.1, -0.05) is 41.6 Å². The van der Waals surface area contributed by atoms with Crippen LogP contribution >= 0.6 is 23.1 Å². The van der Waals surface area contributed by atoms with Crippen molar-refractivity contribution in [2.75, 3.05) is 12.9 Å². The van der Waals surface area contributed by atoms with Crippen LogP contribution in [0, 0.1) is 0 Å². The van der Waals surface area contributed by atoms with Gasteiger partial charge in [0.25, 0.3) is 0 Å². The molecule has 2 rings (SSSR count). The van der Waals surface area contributed by atoms with Crippen LogP contribution in [-0.2, 0) is 16.0 Å². The van der Waals surface area contributed by atoms with Gasteiger partial charge in [-0.15, -0.1) is 10.2 Å². The molecule has 0 aliphatic heterocycles. The summed E-state index contributed by atoms with van der Waals surface area (Å²) in [5.41, 5.74) is 0.721. The molecule has 0 aromatic carbocycles. The Kier molecular flexibility index (Phi) is 6.19. The van der Waals surface area contributed by atoms with Crippen molar-refractivity contribution in [3.05, 3.63) is 11.8 Å². The highest BCUT2D eigenvalue weighted by Gasteiger charge is 2.12. The Hall–Kier alpha value is -1.41. The van der Waals surface area contributed by atoms with Crippen LogP contribution in [0.15, 0.2) is 14.9 Å². The van der Waals surface area contributed by atoms with E-state index >= 15 is 0 Å². The minimum absolute atomic E-state index is 0.218. The second-order valence-electron chi connectivity index (χ2n) is 4.33. The first kappa shape index (κ1) is 16.0. The molecule has 2 aromatic rings. The molecule has 0 unspecified atom stereocenters. The minimum Gasteiger partial charge on any atom is -0.469 e. The Morgan fingerprint density at radius 3 is 3.10 bits per heavy atom. The smallest absolute Gasteiger partial charge is 0.306 e. The molecule has 0 bridgehead atoms. The van der Waals surface area contributed by atoms with E-state index in [-0.39, 0.29) is 5.97 Å². The second-order valence-corrected chi connectivity index (χ2v) is 6.65. The van der Waals surface area contributed by atoms with Crippen LogP contribution in [0.4, 0.5) is 0 Å². The normalized spacial score (nSPS) is 10.8. The van der Waals surface area contributed by atoms with Crippen LogP contribution in [0.3, 0.4) is 0 Å². The highest BCUT2D eigenvalue weighted by atomic mass is 32.2. The van der Waals surface area contributed by atoms with Gasteiger partial charge in [0.1, 0.15) is 11.5 Å². The SMILES string of the molecule is CCCCc1cc(-c2nnc(SCCC(=O)OC)s2)no1. The Bertz CT molecular complexity index is 583. The number of aromatic nitrogens is 3. The summed E-state index contributed by atoms with van der Waals surface area (Å²) in [6.45, 7) is 2.14. The van der Waals surface area contributed by atoms with Crippen LogP contribution in [0.5, 0.6) is 0 Å². The van der Waals surface area contributed by atoms with E-state index in [1.165, 1.54) is 30.2 Å². The molecule has 0 N–H and O–H groups in total. The third-order valence-corrected chi connectivity index (χ3v) is 4.80. The number of thioether (sulfide) groups is 1. The van der Waals surface area contributed by atoms with E-state index in [1.807, 2.05) is 6.07 Å². The van der Waals surface area contributed by atoms with Gasteiger partial charge in [-0.3, -0.25) is 4.79 Å². The lowest BCUT2D eigenvalue weighted by molar-refractivity contribution is -0.140. The molecule has 0 saturated carbocycles. The average molecular weight is 327 g/mol. The monoisotopic (exact) mass is 327 g/mol. The molecular weight excluding hydrogens is 310 g/mol. The fraction of sp³-hybridized carbons (Fsp3) is 0.538. The molecule has 114 valence electrons. The molecule has 0 saturated heterocycles. The number of carbonyl (C=O) groups excluding carboxylic acids is 1. The van der Waals surface area contributed by atoms with Crippen LogP contribution in [0.25, 0.3) is 10.7 Å². The second kappa shape index (κ2) is 8.14. The summed E-state index contributed by atoms with van der Waals surface area (Å²) >= 11 is 2.93. The maximum absolute atomic E-state index is 11.0. The number of hydrogen-bond donors (Lipinski definition) is 0. The zero-order valence-corrected chi connectivity index (χ0v) is 13.6. The molecule has 21 heavy (non-hydrogen) atoms. The lowest BCUT2D eigenvalue weighted by Crippen LogP contribution is -2.00. The van der Waals surface area contributed by atoms with E-state index in [9.17, 15) is 4.79 Å². The van der Waals surface area contributed by atoms with Gasteiger partial charge >= 0.3 is 5.97 Å². The number of nitrogens with zero attached hydrogens (tertiary/aromatic N) is 3. The van der Waals surface area contributed by atoms with Gasteiger partial charge in [0.15, 0.2) is 9.35 Å². The molecule has 2 heterocycles. The Morgan fingerprint density at radius 1 is 1.48 bits per heavy atom. The van der Waals surface area contributed by atoms with Crippen LogP contribution in [0.2, 0.25) is 0 Å². The molecule has 0 radical (unpaired) electrons. The lowest BCUT2D eigenvalue weighted by Gasteiger charge is -1.95. The van der Waals surface area contributed by atoms with Gasteiger partial charge in [-0.05, 0) is 6.42 Å². The number of esters is 1. The average Bonchev–Trinajstić information content (AvgIpc) is 3.13. The van der Waals surface area contributed by atoms with Crippen LogP contribution in [0.1, 0.15) is 31.9 Å². The van der Waals surface area contributed by atoms with Crippen LogP contribution in [-0.4, -0.2) is 34.2 Å². The summed E-state index contributed by atoms with van der Waals surface area (Å²) in [5.74, 6) is 1.29. The number of hydrogen-bond acceptors (Lipinski definition) is 8. The molecule has 0 aliphatic rings. The summed E-state index contributed by atoms with van der Waals surface area (Å²) in [4.78, 5) is 11.0. The van der Waals surface area contributed by atoms with E-state index in [0.29, 0.717) is 12.2 Å². The maximum atomic E-state index is 11.0. The van der Waals surface area contributed by atoms with Crippen molar-refractivity contribution in [1.29, 1.82) is 0 Å². The standard InChI is InChI=1S/C13H17N3O3S2/c1-3-4-5-9-8-10(16-19-9)12-14-15-13(21-12)20-7-6-11(17)18-2/h8H,3-7H2,1-2H3. The molecule has 0 amide bonds. The molecular formula is C13H17N3O3S2. The van der Waals surface area contributed by atoms with Crippen molar-refractivity contribution < 1.29 is 14.1 Å². The van der Waals surface area contributed by atoms with E-state index < -0.39 is 0 Å². The van der Waals surface area contributed by atoms with Gasteiger partial charge in [0.05, 0.1) is 13.5 Å². The number of methoxy groups -OCH3 is 1. The minimum atomic E-state index is -0.218. The Labute approximate surface area is 131 Å². The van der Waals surface area contributed by atoms with Crippen molar-refractivity contribution in [2.45, 2.75) is 36.9 Å². The quantitative estimate of drug-likeness (QED) is 0.544. The summed E-state index contributed by atoms with van der Waals surface area (Å²) in [7, 11) is 1.39. The predicted octanol–water partition coefficient (Wildman–Crippen LogP) is 3.19. The van der Waals surface area contributed by atoms with Gasteiger partial charge in [0, 0.05) is 18.2 Å². The van der Waals surface area contributed by atoms with Gasteiger partial charge < -0.3 is 9.26 Å². The summed E-state index contributed by atoms with van der Waals surface area (Å²) < 4.78 is 10.7. The largest absolute Gasteiger partial charge is 0.469 e. The van der Waals surface area contributed by atoms with Crippen molar-refractivity contribution in [3.8, 4) is 10.7 Å². The van der Waals surface area contributed by atoms with Gasteiger partial charge in [-0.25, -0.2) is 0 Å². The Balaban J connectivity index is 1.90. The lowest BCUT2D eigenvalue weighted by atomic mass is 10.2. The molecule has 6 nitrogen and oxygen atoms in total. The van der Waals surface area contributed by atoms with Crippen LogP contribution < -0.4 is 0 Å². The highest BCUT2D eigenvalue weighted by molar-refractivity contribution is 8.01. The summed E-state index contributed by atoms with van der Waals surface area (Å²) in [5, 5.41) is 13.0. The first-order valence-electron chi connectivity index (χ1n) is 6.72. The van der Waals surface area contributed by atoms with E-state index in [2.05, 4.69) is 27.0 Å². The highest BCUT2D eigenvalue weighted by Crippen LogP contribution is 2.29. The van der Waals surface area contributed by atoms with Gasteiger partial charge in [0.2, 0.25) is 0 Å². The fourth-order valence-corrected chi connectivity index (χ4v) is 3.37. The molecule has 0 spiro atoms. The molecule has 8 heteroatoms. The van der Waals surface area contributed by atoms with E-state index in [0.717, 1.165) is 40.1 Å². The maximum Gasteiger partial charge on any atom is 0.306 e. The summed E-state index contributed by atoms with van der Waals surface area (Å²) in [6, 6.07) is 1.92. The fourth-order valence-electron chi connectivity index (χ4n) is 1.58. The third kappa shape index (κ3) is 4.82. The Morgan fingerprint density at radius 2 is 2.33 bits per heavy atom. The first-order chi connectivity index (χ1) is 10.2. The number of rotatable bonds is 8. The van der Waals surface area contributed by atoms with Crippen molar-refractivity contribution >= 4 is 29.1 Å². The zero-order valence-electron chi connectivity index (χ0n) is 12.0. The van der Waals surface area contributed by atoms with E-state index in [1.54, 1.807) is 0 Å². The third-order valence-electron chi connectivity index (χ3n) is 2.72.